The maximum Gasteiger partial charge on any atom is 0.420 e. The maximum atomic E-state index is 13.0. The molecule has 1 aliphatic heterocycles. The number of benzene rings is 1. The largest absolute Gasteiger partial charge is 0.496 e. The monoisotopic (exact) mass is 358 g/mol. The molecule has 1 heterocycles. The first kappa shape index (κ1) is 19.1. The van der Waals surface area contributed by atoms with E-state index in [1.54, 1.807) is 11.9 Å². The molecule has 0 radical (unpaired) electrons. The Morgan fingerprint density at radius 3 is 2.72 bits per heavy atom. The zero-order chi connectivity index (χ0) is 18.6. The lowest BCUT2D eigenvalue weighted by molar-refractivity contribution is -0.138. The number of nitrogens with zero attached hydrogens (tertiary/aromatic N) is 1. The van der Waals surface area contributed by atoms with E-state index in [1.165, 1.54) is 6.07 Å². The van der Waals surface area contributed by atoms with Crippen molar-refractivity contribution in [3.05, 3.63) is 23.8 Å². The molecule has 0 aliphatic carbocycles. The minimum Gasteiger partial charge on any atom is -0.496 e. The average Bonchev–Trinajstić information content (AvgIpc) is 2.69. The Balaban J connectivity index is 2.09. The van der Waals surface area contributed by atoms with Crippen LogP contribution in [-0.4, -0.2) is 37.4 Å². The number of likely N-dealkylation sites (tertiary alicyclic amines) is 1. The quantitative estimate of drug-likeness (QED) is 0.898. The fourth-order valence-corrected chi connectivity index (χ4v) is 2.92. The molecule has 1 saturated heterocycles. The fraction of sp³-hybridized carbons (Fsp3) is 0.529. The van der Waals surface area contributed by atoms with Crippen LogP contribution in [0.3, 0.4) is 0 Å². The Labute approximate surface area is 144 Å². The van der Waals surface area contributed by atoms with E-state index in [0.717, 1.165) is 32.1 Å². The molecular formula is C17H21F3N2O3. The Bertz CT molecular complexity index is 647. The summed E-state index contributed by atoms with van der Waals surface area (Å²) in [7, 11) is 2.84. The number of hydrogen-bond donors (Lipinski definition) is 1. The van der Waals surface area contributed by atoms with Crippen LogP contribution >= 0.6 is 0 Å². The van der Waals surface area contributed by atoms with Gasteiger partial charge in [0.1, 0.15) is 5.75 Å². The number of hydrogen-bond acceptors (Lipinski definition) is 3. The van der Waals surface area contributed by atoms with E-state index in [-0.39, 0.29) is 23.8 Å². The van der Waals surface area contributed by atoms with Gasteiger partial charge < -0.3 is 15.0 Å². The van der Waals surface area contributed by atoms with Gasteiger partial charge in [-0.2, -0.15) is 13.2 Å². The molecule has 138 valence electrons. The molecule has 1 aliphatic rings. The third-order valence-electron chi connectivity index (χ3n) is 4.24. The number of ether oxygens (including phenoxy) is 1. The van der Waals surface area contributed by atoms with Gasteiger partial charge in [-0.15, -0.1) is 0 Å². The topological polar surface area (TPSA) is 58.6 Å². The first-order valence-electron chi connectivity index (χ1n) is 8.02. The molecular weight excluding hydrogens is 337 g/mol. The summed E-state index contributed by atoms with van der Waals surface area (Å²) in [5.41, 5.74) is -0.939. The molecule has 0 spiro atoms. The van der Waals surface area contributed by atoms with Gasteiger partial charge in [0.15, 0.2) is 0 Å². The minimum atomic E-state index is -4.59. The summed E-state index contributed by atoms with van der Waals surface area (Å²) in [4.78, 5) is 25.9. The minimum absolute atomic E-state index is 0.0209. The lowest BCUT2D eigenvalue weighted by Crippen LogP contribution is -2.33. The summed E-state index contributed by atoms with van der Waals surface area (Å²) in [5, 5.41) is 2.44. The maximum absolute atomic E-state index is 13.0. The number of alkyl halides is 3. The number of carbonyl (C=O) groups is 2. The number of nitrogens with one attached hydrogen (secondary N) is 1. The van der Waals surface area contributed by atoms with Crippen molar-refractivity contribution >= 4 is 17.5 Å². The molecule has 5 nitrogen and oxygen atoms in total. The van der Waals surface area contributed by atoms with E-state index < -0.39 is 23.6 Å². The van der Waals surface area contributed by atoms with Crippen molar-refractivity contribution in [1.29, 1.82) is 0 Å². The molecule has 1 aromatic rings. The Hall–Kier alpha value is -2.25. The van der Waals surface area contributed by atoms with Crippen LogP contribution in [0, 0.1) is 5.92 Å². The summed E-state index contributed by atoms with van der Waals surface area (Å²) >= 11 is 0. The van der Waals surface area contributed by atoms with Crippen molar-refractivity contribution in [3.63, 3.8) is 0 Å². The van der Waals surface area contributed by atoms with Crippen LogP contribution in [0.5, 0.6) is 5.75 Å². The van der Waals surface area contributed by atoms with Crippen molar-refractivity contribution in [3.8, 4) is 5.75 Å². The summed E-state index contributed by atoms with van der Waals surface area (Å²) in [5.74, 6) is -1.33. The Kier molecular flexibility index (Phi) is 5.92. The van der Waals surface area contributed by atoms with Crippen LogP contribution in [-0.2, 0) is 15.8 Å². The van der Waals surface area contributed by atoms with E-state index in [2.05, 4.69) is 5.32 Å². The summed E-state index contributed by atoms with van der Waals surface area (Å²) in [6.07, 6.45) is -2.31. The zero-order valence-corrected chi connectivity index (χ0v) is 14.2. The number of halogens is 3. The highest BCUT2D eigenvalue weighted by molar-refractivity contribution is 5.94. The molecule has 8 heteroatoms. The molecule has 1 N–H and O–H groups in total. The van der Waals surface area contributed by atoms with Gasteiger partial charge >= 0.3 is 6.18 Å². The second-order valence-electron chi connectivity index (χ2n) is 6.12. The fourth-order valence-electron chi connectivity index (χ4n) is 2.92. The highest BCUT2D eigenvalue weighted by Gasteiger charge is 2.35. The smallest absolute Gasteiger partial charge is 0.420 e. The third-order valence-corrected chi connectivity index (χ3v) is 4.24. The third kappa shape index (κ3) is 4.87. The van der Waals surface area contributed by atoms with Gasteiger partial charge in [-0.3, -0.25) is 9.59 Å². The predicted molar refractivity (Wildman–Crippen MR) is 86.2 cm³/mol. The molecule has 1 atom stereocenters. The van der Waals surface area contributed by atoms with E-state index in [1.807, 2.05) is 0 Å². The van der Waals surface area contributed by atoms with Gasteiger partial charge in [0.05, 0.1) is 12.7 Å². The van der Waals surface area contributed by atoms with E-state index in [4.69, 9.17) is 4.74 Å². The number of amides is 2. The van der Waals surface area contributed by atoms with Gasteiger partial charge in [-0.25, -0.2) is 0 Å². The van der Waals surface area contributed by atoms with Crippen LogP contribution in [0.2, 0.25) is 0 Å². The van der Waals surface area contributed by atoms with Crippen LogP contribution in [0.25, 0.3) is 0 Å². The van der Waals surface area contributed by atoms with Crippen molar-refractivity contribution in [2.24, 2.45) is 5.92 Å². The van der Waals surface area contributed by atoms with Gasteiger partial charge in [0, 0.05) is 31.6 Å². The summed E-state index contributed by atoms with van der Waals surface area (Å²) < 4.78 is 43.8. The molecule has 25 heavy (non-hydrogen) atoms. The average molecular weight is 358 g/mol. The highest BCUT2D eigenvalue weighted by Crippen LogP contribution is 2.37. The first-order valence-corrected chi connectivity index (χ1v) is 8.02. The van der Waals surface area contributed by atoms with Crippen LogP contribution < -0.4 is 10.1 Å². The number of rotatable bonds is 4. The van der Waals surface area contributed by atoms with Crippen LogP contribution in [0.15, 0.2) is 18.2 Å². The second-order valence-corrected chi connectivity index (χ2v) is 6.12. The van der Waals surface area contributed by atoms with Crippen molar-refractivity contribution in [2.45, 2.75) is 31.9 Å². The molecule has 1 aromatic carbocycles. The standard InChI is InChI=1S/C17H21F3N2O3/c1-22-8-4-3-5-11(16(22)24)9-15(23)21-12-6-7-14(25-2)13(10-12)17(18,19)20/h6-7,10-11H,3-5,8-9H2,1-2H3,(H,21,23). The Morgan fingerprint density at radius 1 is 1.36 bits per heavy atom. The summed E-state index contributed by atoms with van der Waals surface area (Å²) in [6, 6.07) is 3.33. The molecule has 2 rings (SSSR count). The molecule has 0 saturated carbocycles. The van der Waals surface area contributed by atoms with Gasteiger partial charge in [-0.05, 0) is 31.0 Å². The lowest BCUT2D eigenvalue weighted by Gasteiger charge is -2.19. The molecule has 2 amide bonds. The Morgan fingerprint density at radius 2 is 2.08 bits per heavy atom. The van der Waals surface area contributed by atoms with Gasteiger partial charge in [-0.1, -0.05) is 6.42 Å². The molecule has 1 unspecified atom stereocenters. The number of methoxy groups -OCH3 is 1. The van der Waals surface area contributed by atoms with E-state index in [0.29, 0.717) is 13.0 Å². The van der Waals surface area contributed by atoms with Crippen molar-refractivity contribution < 1.29 is 27.5 Å². The number of carbonyl (C=O) groups excluding carboxylic acids is 2. The predicted octanol–water partition coefficient (Wildman–Crippen LogP) is 3.30. The SMILES string of the molecule is COc1ccc(NC(=O)CC2CCCCN(C)C2=O)cc1C(F)(F)F. The van der Waals surface area contributed by atoms with Crippen LogP contribution in [0.4, 0.5) is 18.9 Å². The van der Waals surface area contributed by atoms with E-state index in [9.17, 15) is 22.8 Å². The zero-order valence-electron chi connectivity index (χ0n) is 14.2. The normalized spacial score (nSPS) is 18.7. The van der Waals surface area contributed by atoms with E-state index >= 15 is 0 Å². The van der Waals surface area contributed by atoms with Gasteiger partial charge in [0.25, 0.3) is 0 Å². The van der Waals surface area contributed by atoms with Crippen LogP contribution in [0.1, 0.15) is 31.2 Å². The first-order chi connectivity index (χ1) is 11.7. The second kappa shape index (κ2) is 7.76. The lowest BCUT2D eigenvalue weighted by atomic mass is 9.98. The van der Waals surface area contributed by atoms with Crippen molar-refractivity contribution in [2.75, 3.05) is 26.0 Å². The highest BCUT2D eigenvalue weighted by atomic mass is 19.4. The summed E-state index contributed by atoms with van der Waals surface area (Å²) in [6.45, 7) is 0.657. The molecule has 1 fully saturated rings. The van der Waals surface area contributed by atoms with Gasteiger partial charge in [0.2, 0.25) is 11.8 Å². The molecule has 0 aromatic heterocycles. The van der Waals surface area contributed by atoms with Crippen molar-refractivity contribution in [1.82, 2.24) is 4.90 Å². The number of anilines is 1. The molecule has 0 bridgehead atoms.